The van der Waals surface area contributed by atoms with Gasteiger partial charge in [-0.3, -0.25) is 0 Å². The van der Waals surface area contributed by atoms with Gasteiger partial charge in [0.15, 0.2) is 5.16 Å². The fourth-order valence-electron chi connectivity index (χ4n) is 1.04. The van der Waals surface area contributed by atoms with Gasteiger partial charge in [0.1, 0.15) is 5.03 Å². The van der Waals surface area contributed by atoms with Gasteiger partial charge in [-0.2, -0.15) is 0 Å². The zero-order valence-corrected chi connectivity index (χ0v) is 8.29. The van der Waals surface area contributed by atoms with Crippen LogP contribution in [-0.4, -0.2) is 15.0 Å². The predicted molar refractivity (Wildman–Crippen MR) is 54.8 cm³/mol. The fourth-order valence-corrected chi connectivity index (χ4v) is 1.80. The number of aromatic nitrogens is 3. The van der Waals surface area contributed by atoms with Gasteiger partial charge in [0.25, 0.3) is 0 Å². The van der Waals surface area contributed by atoms with Crippen LogP contribution in [0.2, 0.25) is 0 Å². The van der Waals surface area contributed by atoms with Crippen molar-refractivity contribution in [3.63, 3.8) is 0 Å². The lowest BCUT2D eigenvalue weighted by atomic mass is 10.3. The molecular formula is C9H10N4S. The Bertz CT molecular complexity index is 399. The fraction of sp³-hybridized carbons (Fsp3) is 0.111. The normalized spacial score (nSPS) is 10.4. The summed E-state index contributed by atoms with van der Waals surface area (Å²) in [5.74, 6) is 0. The lowest BCUT2D eigenvalue weighted by Gasteiger charge is -1.99. The van der Waals surface area contributed by atoms with Crippen LogP contribution in [0.4, 0.5) is 0 Å². The molecule has 0 aliphatic heterocycles. The van der Waals surface area contributed by atoms with Crippen molar-refractivity contribution in [1.29, 1.82) is 0 Å². The monoisotopic (exact) mass is 206 g/mol. The molecule has 0 aromatic carbocycles. The summed E-state index contributed by atoms with van der Waals surface area (Å²) in [4.78, 5) is 11.3. The van der Waals surface area contributed by atoms with Gasteiger partial charge in [-0.05, 0) is 29.5 Å². The molecule has 72 valence electrons. The molecule has 0 saturated heterocycles. The maximum Gasteiger partial charge on any atom is 0.171 e. The highest BCUT2D eigenvalue weighted by atomic mass is 32.2. The van der Waals surface area contributed by atoms with Crippen molar-refractivity contribution in [2.45, 2.75) is 16.7 Å². The van der Waals surface area contributed by atoms with E-state index in [9.17, 15) is 0 Å². The van der Waals surface area contributed by atoms with E-state index in [4.69, 9.17) is 5.73 Å². The lowest BCUT2D eigenvalue weighted by molar-refractivity contribution is 1.00. The van der Waals surface area contributed by atoms with Gasteiger partial charge in [0, 0.05) is 25.1 Å². The molecule has 2 rings (SSSR count). The van der Waals surface area contributed by atoms with E-state index in [0.29, 0.717) is 6.54 Å². The minimum Gasteiger partial charge on any atom is -0.339 e. The SMILES string of the molecule is NCc1ccnc(Sc2ncc[nH]2)c1. The smallest absolute Gasteiger partial charge is 0.171 e. The highest BCUT2D eigenvalue weighted by Gasteiger charge is 2.00. The maximum atomic E-state index is 5.53. The number of aromatic amines is 1. The second kappa shape index (κ2) is 4.26. The molecule has 0 spiro atoms. The summed E-state index contributed by atoms with van der Waals surface area (Å²) in [6, 6.07) is 3.87. The summed E-state index contributed by atoms with van der Waals surface area (Å²) >= 11 is 1.49. The third-order valence-corrected chi connectivity index (χ3v) is 2.56. The topological polar surface area (TPSA) is 67.6 Å². The van der Waals surface area contributed by atoms with E-state index in [0.717, 1.165) is 15.7 Å². The van der Waals surface area contributed by atoms with E-state index < -0.39 is 0 Å². The molecule has 5 heteroatoms. The number of nitrogens with zero attached hydrogens (tertiary/aromatic N) is 2. The van der Waals surface area contributed by atoms with Crippen LogP contribution >= 0.6 is 11.8 Å². The summed E-state index contributed by atoms with van der Waals surface area (Å²) < 4.78 is 0. The summed E-state index contributed by atoms with van der Waals surface area (Å²) in [6.07, 6.45) is 5.26. The van der Waals surface area contributed by atoms with Crippen molar-refractivity contribution in [3.05, 3.63) is 36.3 Å². The molecule has 2 heterocycles. The molecular weight excluding hydrogens is 196 g/mol. The van der Waals surface area contributed by atoms with E-state index in [1.165, 1.54) is 11.8 Å². The van der Waals surface area contributed by atoms with Gasteiger partial charge in [0.2, 0.25) is 0 Å². The molecule has 0 bridgehead atoms. The minimum atomic E-state index is 0.536. The van der Waals surface area contributed by atoms with Crippen LogP contribution in [0.5, 0.6) is 0 Å². The van der Waals surface area contributed by atoms with Crippen LogP contribution in [0.15, 0.2) is 40.9 Å². The minimum absolute atomic E-state index is 0.536. The largest absolute Gasteiger partial charge is 0.339 e. The van der Waals surface area contributed by atoms with Crippen LogP contribution in [-0.2, 0) is 6.54 Å². The maximum absolute atomic E-state index is 5.53. The molecule has 0 radical (unpaired) electrons. The van der Waals surface area contributed by atoms with E-state index in [1.54, 1.807) is 18.6 Å². The van der Waals surface area contributed by atoms with Crippen LogP contribution in [0.25, 0.3) is 0 Å². The van der Waals surface area contributed by atoms with E-state index in [1.807, 2.05) is 12.1 Å². The van der Waals surface area contributed by atoms with Crippen molar-refractivity contribution in [3.8, 4) is 0 Å². The third-order valence-electron chi connectivity index (χ3n) is 1.71. The molecule has 4 nitrogen and oxygen atoms in total. The number of nitrogens with two attached hydrogens (primary N) is 1. The van der Waals surface area contributed by atoms with Gasteiger partial charge >= 0.3 is 0 Å². The summed E-state index contributed by atoms with van der Waals surface area (Å²) in [7, 11) is 0. The average Bonchev–Trinajstić information content (AvgIpc) is 2.71. The molecule has 0 unspecified atom stereocenters. The molecule has 0 saturated carbocycles. The zero-order valence-electron chi connectivity index (χ0n) is 7.47. The number of nitrogens with one attached hydrogen (secondary N) is 1. The third kappa shape index (κ3) is 2.12. The standard InChI is InChI=1S/C9H10N4S/c10-6-7-1-2-11-8(5-7)14-9-12-3-4-13-9/h1-5H,6,10H2,(H,12,13). The average molecular weight is 206 g/mol. The summed E-state index contributed by atoms with van der Waals surface area (Å²) in [5, 5.41) is 1.74. The highest BCUT2D eigenvalue weighted by molar-refractivity contribution is 7.99. The number of hydrogen-bond donors (Lipinski definition) is 2. The second-order valence-corrected chi connectivity index (χ2v) is 3.71. The number of H-pyrrole nitrogens is 1. The molecule has 0 aliphatic carbocycles. The van der Waals surface area contributed by atoms with Crippen LogP contribution in [0, 0.1) is 0 Å². The first-order valence-electron chi connectivity index (χ1n) is 4.21. The molecule has 14 heavy (non-hydrogen) atoms. The first kappa shape index (κ1) is 9.23. The van der Waals surface area contributed by atoms with Crippen molar-refractivity contribution in [2.24, 2.45) is 5.73 Å². The zero-order chi connectivity index (χ0) is 9.80. The van der Waals surface area contributed by atoms with Crippen LogP contribution < -0.4 is 5.73 Å². The molecule has 0 aliphatic rings. The van der Waals surface area contributed by atoms with Crippen LogP contribution in [0.1, 0.15) is 5.56 Å². The van der Waals surface area contributed by atoms with Gasteiger partial charge in [-0.25, -0.2) is 9.97 Å². The van der Waals surface area contributed by atoms with Crippen molar-refractivity contribution in [2.75, 3.05) is 0 Å². The highest BCUT2D eigenvalue weighted by Crippen LogP contribution is 2.22. The Morgan fingerprint density at radius 3 is 3.00 bits per heavy atom. The molecule has 0 amide bonds. The molecule has 2 aromatic rings. The Morgan fingerprint density at radius 2 is 2.29 bits per heavy atom. The van der Waals surface area contributed by atoms with Gasteiger partial charge < -0.3 is 10.7 Å². The molecule has 3 N–H and O–H groups in total. The first-order chi connectivity index (χ1) is 6.88. The van der Waals surface area contributed by atoms with E-state index >= 15 is 0 Å². The quantitative estimate of drug-likeness (QED) is 0.796. The number of pyridine rings is 1. The molecule has 2 aromatic heterocycles. The van der Waals surface area contributed by atoms with Gasteiger partial charge in [0.05, 0.1) is 0 Å². The summed E-state index contributed by atoms with van der Waals surface area (Å²) in [5.41, 5.74) is 6.61. The lowest BCUT2D eigenvalue weighted by Crippen LogP contribution is -1.96. The summed E-state index contributed by atoms with van der Waals surface area (Å²) in [6.45, 7) is 0.536. The van der Waals surface area contributed by atoms with Crippen molar-refractivity contribution >= 4 is 11.8 Å². The molecule has 0 fully saturated rings. The van der Waals surface area contributed by atoms with Crippen molar-refractivity contribution < 1.29 is 0 Å². The Balaban J connectivity index is 2.17. The Kier molecular flexibility index (Phi) is 2.81. The van der Waals surface area contributed by atoms with Crippen molar-refractivity contribution in [1.82, 2.24) is 15.0 Å². The van der Waals surface area contributed by atoms with Gasteiger partial charge in [-0.1, -0.05) is 0 Å². The van der Waals surface area contributed by atoms with E-state index in [2.05, 4.69) is 15.0 Å². The second-order valence-electron chi connectivity index (χ2n) is 2.70. The Labute approximate surface area is 86.0 Å². The number of rotatable bonds is 3. The number of hydrogen-bond acceptors (Lipinski definition) is 4. The number of imidazole rings is 1. The first-order valence-corrected chi connectivity index (χ1v) is 5.02. The Hall–Kier alpha value is -1.33. The predicted octanol–water partition coefficient (Wildman–Crippen LogP) is 1.41. The van der Waals surface area contributed by atoms with E-state index in [-0.39, 0.29) is 0 Å². The Morgan fingerprint density at radius 1 is 1.36 bits per heavy atom. The van der Waals surface area contributed by atoms with Crippen LogP contribution in [0.3, 0.4) is 0 Å². The molecule has 0 atom stereocenters. The van der Waals surface area contributed by atoms with Gasteiger partial charge in [-0.15, -0.1) is 0 Å².